The molecule has 1 aromatic heterocycles. The number of fused-ring (bicyclic) bond motifs is 1. The summed E-state index contributed by atoms with van der Waals surface area (Å²) in [5.74, 6) is 0.749. The highest BCUT2D eigenvalue weighted by molar-refractivity contribution is 6.32. The third-order valence-electron chi connectivity index (χ3n) is 4.10. The summed E-state index contributed by atoms with van der Waals surface area (Å²) in [6.07, 6.45) is 7.53. The van der Waals surface area contributed by atoms with Gasteiger partial charge in [-0.05, 0) is 49.3 Å². The van der Waals surface area contributed by atoms with Crippen molar-refractivity contribution in [1.82, 2.24) is 4.90 Å². The van der Waals surface area contributed by atoms with E-state index >= 15 is 0 Å². The van der Waals surface area contributed by atoms with Crippen molar-refractivity contribution in [2.24, 2.45) is 5.92 Å². The van der Waals surface area contributed by atoms with Crippen LogP contribution < -0.4 is 0 Å². The Hall–Kier alpha value is -0.960. The number of furan rings is 1. The van der Waals surface area contributed by atoms with E-state index in [-0.39, 0.29) is 11.1 Å². The average molecular weight is 254 g/mol. The molecule has 0 radical (unpaired) electrons. The second-order valence-corrected chi connectivity index (χ2v) is 5.35. The molecule has 0 aromatic carbocycles. The quantitative estimate of drug-likeness (QED) is 0.769. The van der Waals surface area contributed by atoms with Crippen molar-refractivity contribution in [2.75, 3.05) is 6.54 Å². The van der Waals surface area contributed by atoms with E-state index in [4.69, 9.17) is 16.0 Å². The molecule has 3 nitrogen and oxygen atoms in total. The highest BCUT2D eigenvalue weighted by Gasteiger charge is 2.38. The standard InChI is InChI=1S/C13H16ClNO2/c14-12-10(6-8-17-12)13(16)15-7-2-4-9-3-1-5-11(9)15/h6,8-9,11H,1-5,7H2. The minimum Gasteiger partial charge on any atom is -0.452 e. The zero-order valence-corrected chi connectivity index (χ0v) is 10.4. The predicted molar refractivity (Wildman–Crippen MR) is 65.1 cm³/mol. The second kappa shape index (κ2) is 4.37. The number of hydrogen-bond donors (Lipinski definition) is 0. The van der Waals surface area contributed by atoms with E-state index in [1.54, 1.807) is 6.07 Å². The van der Waals surface area contributed by atoms with Gasteiger partial charge in [0.15, 0.2) is 0 Å². The molecule has 2 unspecified atom stereocenters. The van der Waals surface area contributed by atoms with E-state index in [1.165, 1.54) is 25.5 Å². The third kappa shape index (κ3) is 1.86. The van der Waals surface area contributed by atoms with Crippen LogP contribution in [0.1, 0.15) is 42.5 Å². The number of rotatable bonds is 1. The van der Waals surface area contributed by atoms with Gasteiger partial charge >= 0.3 is 0 Å². The molecule has 0 N–H and O–H groups in total. The first-order valence-electron chi connectivity index (χ1n) is 6.31. The molecule has 1 aliphatic heterocycles. The predicted octanol–water partition coefficient (Wildman–Crippen LogP) is 3.34. The number of amides is 1. The Kier molecular flexibility index (Phi) is 2.87. The Morgan fingerprint density at radius 2 is 2.18 bits per heavy atom. The fourth-order valence-electron chi connectivity index (χ4n) is 3.31. The van der Waals surface area contributed by atoms with Crippen molar-refractivity contribution in [3.05, 3.63) is 23.1 Å². The van der Waals surface area contributed by atoms with Crippen LogP contribution in [0.25, 0.3) is 0 Å². The number of carbonyl (C=O) groups is 1. The van der Waals surface area contributed by atoms with Crippen molar-refractivity contribution in [1.29, 1.82) is 0 Å². The van der Waals surface area contributed by atoms with Gasteiger partial charge in [-0.25, -0.2) is 0 Å². The van der Waals surface area contributed by atoms with Gasteiger partial charge in [-0.15, -0.1) is 0 Å². The molecule has 2 aliphatic rings. The summed E-state index contributed by atoms with van der Waals surface area (Å²) in [5.41, 5.74) is 0.513. The van der Waals surface area contributed by atoms with Gasteiger partial charge in [0.05, 0.1) is 11.8 Å². The van der Waals surface area contributed by atoms with Gasteiger partial charge in [0.25, 0.3) is 5.91 Å². The molecular formula is C13H16ClNO2. The summed E-state index contributed by atoms with van der Waals surface area (Å²) in [4.78, 5) is 14.4. The highest BCUT2D eigenvalue weighted by atomic mass is 35.5. The number of hydrogen-bond acceptors (Lipinski definition) is 2. The Morgan fingerprint density at radius 3 is 2.94 bits per heavy atom. The molecule has 0 spiro atoms. The lowest BCUT2D eigenvalue weighted by Gasteiger charge is -2.37. The van der Waals surface area contributed by atoms with Crippen molar-refractivity contribution in [3.8, 4) is 0 Å². The topological polar surface area (TPSA) is 33.5 Å². The number of likely N-dealkylation sites (tertiary alicyclic amines) is 1. The summed E-state index contributed by atoms with van der Waals surface area (Å²) < 4.78 is 5.01. The molecule has 4 heteroatoms. The highest BCUT2D eigenvalue weighted by Crippen LogP contribution is 2.37. The van der Waals surface area contributed by atoms with E-state index in [0.717, 1.165) is 19.4 Å². The Morgan fingerprint density at radius 1 is 1.35 bits per heavy atom. The van der Waals surface area contributed by atoms with Crippen molar-refractivity contribution in [3.63, 3.8) is 0 Å². The van der Waals surface area contributed by atoms with E-state index < -0.39 is 0 Å². The minimum atomic E-state index is 0.0420. The number of nitrogens with zero attached hydrogens (tertiary/aromatic N) is 1. The van der Waals surface area contributed by atoms with Gasteiger partial charge in [0, 0.05) is 12.6 Å². The summed E-state index contributed by atoms with van der Waals surface area (Å²) in [6, 6.07) is 2.10. The largest absolute Gasteiger partial charge is 0.452 e. The van der Waals surface area contributed by atoms with Gasteiger partial charge < -0.3 is 9.32 Å². The molecule has 3 rings (SSSR count). The molecule has 2 heterocycles. The maximum atomic E-state index is 12.4. The van der Waals surface area contributed by atoms with Crippen LogP contribution in [0.2, 0.25) is 5.22 Å². The lowest BCUT2D eigenvalue weighted by atomic mass is 9.91. The third-order valence-corrected chi connectivity index (χ3v) is 4.40. The normalized spacial score (nSPS) is 28.2. The zero-order valence-electron chi connectivity index (χ0n) is 9.69. The van der Waals surface area contributed by atoms with Gasteiger partial charge in [-0.3, -0.25) is 4.79 Å². The lowest BCUT2D eigenvalue weighted by molar-refractivity contribution is 0.0548. The molecule has 1 saturated carbocycles. The smallest absolute Gasteiger partial charge is 0.258 e. The van der Waals surface area contributed by atoms with Crippen LogP contribution in [0.15, 0.2) is 16.7 Å². The maximum Gasteiger partial charge on any atom is 0.258 e. The van der Waals surface area contributed by atoms with E-state index in [2.05, 4.69) is 0 Å². The number of piperidine rings is 1. The van der Waals surface area contributed by atoms with Gasteiger partial charge in [-0.1, -0.05) is 6.42 Å². The first-order valence-corrected chi connectivity index (χ1v) is 6.69. The van der Waals surface area contributed by atoms with Crippen LogP contribution in [0, 0.1) is 5.92 Å². The Balaban J connectivity index is 1.83. The van der Waals surface area contributed by atoms with Crippen molar-refractivity contribution < 1.29 is 9.21 Å². The second-order valence-electron chi connectivity index (χ2n) is 5.01. The van der Waals surface area contributed by atoms with Crippen LogP contribution in [0.4, 0.5) is 0 Å². The fourth-order valence-corrected chi connectivity index (χ4v) is 3.50. The molecule has 1 saturated heterocycles. The fraction of sp³-hybridized carbons (Fsp3) is 0.615. The van der Waals surface area contributed by atoms with Crippen LogP contribution in [0.5, 0.6) is 0 Å². The lowest BCUT2D eigenvalue weighted by Crippen LogP contribution is -2.46. The number of carbonyl (C=O) groups excluding carboxylic acids is 1. The minimum absolute atomic E-state index is 0.0420. The molecule has 1 amide bonds. The summed E-state index contributed by atoms with van der Waals surface area (Å²) >= 11 is 5.88. The Labute approximate surface area is 106 Å². The summed E-state index contributed by atoms with van der Waals surface area (Å²) in [7, 11) is 0. The molecule has 1 aliphatic carbocycles. The van der Waals surface area contributed by atoms with Crippen LogP contribution in [-0.4, -0.2) is 23.4 Å². The molecule has 1 aromatic rings. The molecule has 0 bridgehead atoms. The molecule has 17 heavy (non-hydrogen) atoms. The molecular weight excluding hydrogens is 238 g/mol. The average Bonchev–Trinajstić information content (AvgIpc) is 2.95. The van der Waals surface area contributed by atoms with Gasteiger partial charge in [0.1, 0.15) is 0 Å². The van der Waals surface area contributed by atoms with Crippen molar-refractivity contribution in [2.45, 2.75) is 38.1 Å². The van der Waals surface area contributed by atoms with E-state index in [9.17, 15) is 4.79 Å². The Bertz CT molecular complexity index is 429. The molecule has 2 fully saturated rings. The van der Waals surface area contributed by atoms with Gasteiger partial charge in [-0.2, -0.15) is 0 Å². The summed E-state index contributed by atoms with van der Waals surface area (Å²) in [6.45, 7) is 0.863. The maximum absolute atomic E-state index is 12.4. The first kappa shape index (κ1) is 11.1. The first-order chi connectivity index (χ1) is 8.27. The monoisotopic (exact) mass is 253 g/mol. The SMILES string of the molecule is O=C(c1ccoc1Cl)N1CCCC2CCCC21. The summed E-state index contributed by atoms with van der Waals surface area (Å²) in [5, 5.41) is 0.218. The van der Waals surface area contributed by atoms with Crippen LogP contribution in [-0.2, 0) is 0 Å². The van der Waals surface area contributed by atoms with E-state index in [0.29, 0.717) is 17.5 Å². The van der Waals surface area contributed by atoms with Crippen LogP contribution >= 0.6 is 11.6 Å². The number of halogens is 1. The van der Waals surface area contributed by atoms with Crippen LogP contribution in [0.3, 0.4) is 0 Å². The zero-order chi connectivity index (χ0) is 11.8. The molecule has 92 valence electrons. The molecule has 2 atom stereocenters. The van der Waals surface area contributed by atoms with Gasteiger partial charge in [0.2, 0.25) is 5.22 Å². The van der Waals surface area contributed by atoms with Crippen molar-refractivity contribution >= 4 is 17.5 Å². The van der Waals surface area contributed by atoms with E-state index in [1.807, 2.05) is 4.90 Å².